The fourth-order valence-corrected chi connectivity index (χ4v) is 3.50. The molecular formula is C14H20N4S. The van der Waals surface area contributed by atoms with Gasteiger partial charge in [-0.2, -0.15) is 0 Å². The molecule has 1 aliphatic rings. The molecule has 5 heteroatoms. The zero-order valence-corrected chi connectivity index (χ0v) is 12.3. The highest BCUT2D eigenvalue weighted by Crippen LogP contribution is 2.32. The van der Waals surface area contributed by atoms with Gasteiger partial charge in [-0.3, -0.25) is 4.90 Å². The van der Waals surface area contributed by atoms with Crippen molar-refractivity contribution in [3.8, 4) is 11.4 Å². The second kappa shape index (κ2) is 5.07. The van der Waals surface area contributed by atoms with Crippen molar-refractivity contribution in [3.05, 3.63) is 28.7 Å². The predicted octanol–water partition coefficient (Wildman–Crippen LogP) is 2.28. The van der Waals surface area contributed by atoms with Gasteiger partial charge >= 0.3 is 0 Å². The van der Waals surface area contributed by atoms with Crippen LogP contribution in [0.4, 0.5) is 0 Å². The van der Waals surface area contributed by atoms with Crippen molar-refractivity contribution in [2.45, 2.75) is 19.4 Å². The lowest BCUT2D eigenvalue weighted by atomic mass is 10.0. The monoisotopic (exact) mass is 276 g/mol. The van der Waals surface area contributed by atoms with Gasteiger partial charge in [0.15, 0.2) is 0 Å². The third-order valence-electron chi connectivity index (χ3n) is 3.81. The fraction of sp³-hybridized carbons (Fsp3) is 0.500. The Bertz CT molecular complexity index is 523. The second-order valence-corrected chi connectivity index (χ2v) is 6.28. The number of nitrogens with zero attached hydrogens (tertiary/aromatic N) is 2. The van der Waals surface area contributed by atoms with Crippen LogP contribution in [0.15, 0.2) is 23.7 Å². The summed E-state index contributed by atoms with van der Waals surface area (Å²) in [6, 6.07) is 4.08. The van der Waals surface area contributed by atoms with Gasteiger partial charge in [-0.1, -0.05) is 0 Å². The van der Waals surface area contributed by atoms with Gasteiger partial charge in [0.05, 0.1) is 16.9 Å². The molecule has 102 valence electrons. The molecule has 0 amide bonds. The first-order valence-electron chi connectivity index (χ1n) is 6.73. The van der Waals surface area contributed by atoms with Crippen LogP contribution in [-0.2, 0) is 5.54 Å². The van der Waals surface area contributed by atoms with Crippen LogP contribution in [0.2, 0.25) is 0 Å². The molecule has 0 aromatic carbocycles. The van der Waals surface area contributed by atoms with Gasteiger partial charge in [-0.25, -0.2) is 4.98 Å². The molecule has 0 unspecified atom stereocenters. The summed E-state index contributed by atoms with van der Waals surface area (Å²) in [5.41, 5.74) is 2.16. The number of rotatable bonds is 3. The summed E-state index contributed by atoms with van der Waals surface area (Å²) in [5.74, 6) is 0. The molecule has 2 N–H and O–H groups in total. The molecule has 0 aliphatic carbocycles. The third kappa shape index (κ3) is 2.45. The van der Waals surface area contributed by atoms with E-state index in [4.69, 9.17) is 4.98 Å². The standard InChI is InChI=1S/C14H20N4S/c1-14(2,18-8-6-15-7-9-18)13-17-12(10-19-13)11-4-3-5-16-11/h3-5,10,15-16H,6-9H2,1-2H3. The Kier molecular flexibility index (Phi) is 3.43. The molecule has 19 heavy (non-hydrogen) atoms. The molecular weight excluding hydrogens is 256 g/mol. The average Bonchev–Trinajstić information content (AvgIpc) is 3.10. The molecule has 1 saturated heterocycles. The minimum atomic E-state index is 0.0115. The van der Waals surface area contributed by atoms with Crippen molar-refractivity contribution >= 4 is 11.3 Å². The predicted molar refractivity (Wildman–Crippen MR) is 79.4 cm³/mol. The highest BCUT2D eigenvalue weighted by molar-refractivity contribution is 7.10. The van der Waals surface area contributed by atoms with Crippen LogP contribution in [0.5, 0.6) is 0 Å². The number of hydrogen-bond donors (Lipinski definition) is 2. The van der Waals surface area contributed by atoms with Crippen LogP contribution in [0, 0.1) is 0 Å². The topological polar surface area (TPSA) is 44.0 Å². The van der Waals surface area contributed by atoms with Crippen LogP contribution in [0.25, 0.3) is 11.4 Å². The van der Waals surface area contributed by atoms with Crippen LogP contribution >= 0.6 is 11.3 Å². The largest absolute Gasteiger partial charge is 0.360 e. The minimum Gasteiger partial charge on any atom is -0.360 e. The third-order valence-corrected chi connectivity index (χ3v) is 4.96. The molecule has 0 saturated carbocycles. The van der Waals surface area contributed by atoms with Gasteiger partial charge < -0.3 is 10.3 Å². The highest BCUT2D eigenvalue weighted by atomic mass is 32.1. The quantitative estimate of drug-likeness (QED) is 0.904. The lowest BCUT2D eigenvalue weighted by molar-refractivity contribution is 0.102. The Balaban J connectivity index is 1.84. The molecule has 3 heterocycles. The number of H-pyrrole nitrogens is 1. The number of aromatic amines is 1. The van der Waals surface area contributed by atoms with Crippen molar-refractivity contribution in [3.63, 3.8) is 0 Å². The average molecular weight is 276 g/mol. The Morgan fingerprint density at radius 3 is 2.79 bits per heavy atom. The summed E-state index contributed by atoms with van der Waals surface area (Å²) >= 11 is 1.76. The first-order valence-corrected chi connectivity index (χ1v) is 7.61. The Labute approximate surface area is 117 Å². The first kappa shape index (κ1) is 12.8. The second-order valence-electron chi connectivity index (χ2n) is 5.42. The van der Waals surface area contributed by atoms with Crippen LogP contribution in [0.3, 0.4) is 0 Å². The van der Waals surface area contributed by atoms with Crippen molar-refractivity contribution in [2.75, 3.05) is 26.2 Å². The van der Waals surface area contributed by atoms with Crippen LogP contribution in [0.1, 0.15) is 18.9 Å². The van der Waals surface area contributed by atoms with E-state index in [1.165, 1.54) is 5.01 Å². The van der Waals surface area contributed by atoms with Gasteiger partial charge in [-0.05, 0) is 26.0 Å². The van der Waals surface area contributed by atoms with E-state index in [1.54, 1.807) is 11.3 Å². The molecule has 4 nitrogen and oxygen atoms in total. The number of hydrogen-bond acceptors (Lipinski definition) is 4. The number of aromatic nitrogens is 2. The van der Waals surface area contributed by atoms with Gasteiger partial charge in [-0.15, -0.1) is 11.3 Å². The maximum atomic E-state index is 4.82. The van der Waals surface area contributed by atoms with E-state index < -0.39 is 0 Å². The van der Waals surface area contributed by atoms with Gasteiger partial charge in [0, 0.05) is 37.8 Å². The van der Waals surface area contributed by atoms with E-state index in [0.29, 0.717) is 0 Å². The highest BCUT2D eigenvalue weighted by Gasteiger charge is 2.32. The maximum Gasteiger partial charge on any atom is 0.113 e. The molecule has 3 rings (SSSR count). The number of nitrogens with one attached hydrogen (secondary N) is 2. The van der Waals surface area contributed by atoms with Crippen LogP contribution < -0.4 is 5.32 Å². The zero-order valence-electron chi connectivity index (χ0n) is 11.4. The number of thiazole rings is 1. The molecule has 0 atom stereocenters. The summed E-state index contributed by atoms with van der Waals surface area (Å²) in [4.78, 5) is 10.6. The SMILES string of the molecule is CC(C)(c1nc(-c2ccc[nH]2)cs1)N1CCNCC1. The molecule has 0 bridgehead atoms. The van der Waals surface area contributed by atoms with Gasteiger partial charge in [0.1, 0.15) is 5.01 Å². The van der Waals surface area contributed by atoms with Crippen molar-refractivity contribution < 1.29 is 0 Å². The Hall–Kier alpha value is -1.17. The lowest BCUT2D eigenvalue weighted by Gasteiger charge is -2.39. The Morgan fingerprint density at radius 2 is 2.11 bits per heavy atom. The Morgan fingerprint density at radius 1 is 1.32 bits per heavy atom. The summed E-state index contributed by atoms with van der Waals surface area (Å²) in [6.07, 6.45) is 1.94. The van der Waals surface area contributed by atoms with E-state index in [0.717, 1.165) is 37.6 Å². The van der Waals surface area contributed by atoms with Gasteiger partial charge in [0.25, 0.3) is 0 Å². The smallest absolute Gasteiger partial charge is 0.113 e. The van der Waals surface area contributed by atoms with E-state index in [9.17, 15) is 0 Å². The number of piperazine rings is 1. The van der Waals surface area contributed by atoms with Crippen molar-refractivity contribution in [1.29, 1.82) is 0 Å². The molecule has 1 fully saturated rings. The van der Waals surface area contributed by atoms with Gasteiger partial charge in [0.2, 0.25) is 0 Å². The fourth-order valence-electron chi connectivity index (χ4n) is 2.53. The summed E-state index contributed by atoms with van der Waals surface area (Å²) in [6.45, 7) is 8.86. The summed E-state index contributed by atoms with van der Waals surface area (Å²) in [7, 11) is 0. The summed E-state index contributed by atoms with van der Waals surface area (Å²) < 4.78 is 0. The zero-order chi connectivity index (χ0) is 13.3. The molecule has 2 aromatic heterocycles. The van der Waals surface area contributed by atoms with E-state index in [-0.39, 0.29) is 5.54 Å². The molecule has 0 radical (unpaired) electrons. The molecule has 2 aromatic rings. The first-order chi connectivity index (χ1) is 9.18. The van der Waals surface area contributed by atoms with E-state index in [1.807, 2.05) is 12.3 Å². The van der Waals surface area contributed by atoms with E-state index >= 15 is 0 Å². The maximum absolute atomic E-state index is 4.82. The minimum absolute atomic E-state index is 0.0115. The van der Waals surface area contributed by atoms with Crippen molar-refractivity contribution in [2.24, 2.45) is 0 Å². The van der Waals surface area contributed by atoms with E-state index in [2.05, 4.69) is 40.5 Å². The molecule has 1 aliphatic heterocycles. The van der Waals surface area contributed by atoms with Crippen LogP contribution in [-0.4, -0.2) is 41.0 Å². The normalized spacial score (nSPS) is 17.8. The molecule has 0 spiro atoms. The summed E-state index contributed by atoms with van der Waals surface area (Å²) in [5, 5.41) is 6.74. The lowest BCUT2D eigenvalue weighted by Crippen LogP contribution is -2.51. The van der Waals surface area contributed by atoms with Crippen molar-refractivity contribution in [1.82, 2.24) is 20.2 Å².